The van der Waals surface area contributed by atoms with Crippen LogP contribution in [0.4, 0.5) is 0 Å². The molecular formula is C20H22NaO2P. The minimum Gasteiger partial charge on any atom is -0.380 e. The van der Waals surface area contributed by atoms with Gasteiger partial charge in [0.25, 0.3) is 0 Å². The van der Waals surface area contributed by atoms with Crippen molar-refractivity contribution in [2.24, 2.45) is 0 Å². The van der Waals surface area contributed by atoms with Crippen LogP contribution in [0, 0.1) is 41.5 Å². The molecule has 0 saturated carbocycles. The topological polar surface area (TPSA) is 34.1 Å². The first kappa shape index (κ1) is 21.3. The van der Waals surface area contributed by atoms with E-state index in [1.54, 1.807) is 0 Å². The Hall–Kier alpha value is -0.790. The smallest absolute Gasteiger partial charge is 0.380 e. The zero-order valence-electron chi connectivity index (χ0n) is 15.6. The maximum atomic E-state index is 12.6. The molecule has 2 nitrogen and oxygen atoms in total. The van der Waals surface area contributed by atoms with Gasteiger partial charge < -0.3 is 18.2 Å². The molecule has 4 heteroatoms. The first-order valence-electron chi connectivity index (χ1n) is 7.66. The van der Waals surface area contributed by atoms with Crippen molar-refractivity contribution < 1.29 is 39.1 Å². The van der Waals surface area contributed by atoms with E-state index in [-0.39, 0.29) is 49.2 Å². The Morgan fingerprint density at radius 1 is 0.625 bits per heavy atom. The molecule has 0 saturated heterocycles. The molecule has 0 aromatic heterocycles. The fraction of sp³-hybridized carbons (Fsp3) is 0.300. The van der Waals surface area contributed by atoms with E-state index in [9.17, 15) is 9.59 Å². The average molecular weight is 348 g/mol. The van der Waals surface area contributed by atoms with E-state index in [0.717, 1.165) is 33.4 Å². The van der Waals surface area contributed by atoms with Crippen LogP contribution in [-0.2, 0) is 0 Å². The summed E-state index contributed by atoms with van der Waals surface area (Å²) >= 11 is 0. The van der Waals surface area contributed by atoms with Gasteiger partial charge in [0.1, 0.15) is 0 Å². The molecule has 2 aromatic rings. The second-order valence-electron chi connectivity index (χ2n) is 6.27. The van der Waals surface area contributed by atoms with Crippen molar-refractivity contribution in [1.82, 2.24) is 0 Å². The van der Waals surface area contributed by atoms with Crippen LogP contribution in [0.25, 0.3) is 0 Å². The van der Waals surface area contributed by atoms with Crippen LogP contribution in [0.5, 0.6) is 0 Å². The van der Waals surface area contributed by atoms with Crippen LogP contribution in [0.2, 0.25) is 0 Å². The number of hydrogen-bond donors (Lipinski definition) is 0. The largest absolute Gasteiger partial charge is 1.00 e. The summed E-state index contributed by atoms with van der Waals surface area (Å²) in [4.78, 5) is 25.3. The summed E-state index contributed by atoms with van der Waals surface area (Å²) in [5, 5.41) is 0. The van der Waals surface area contributed by atoms with Crippen LogP contribution < -0.4 is 29.6 Å². The predicted molar refractivity (Wildman–Crippen MR) is 96.9 cm³/mol. The van der Waals surface area contributed by atoms with Gasteiger partial charge >= 0.3 is 29.6 Å². The minimum absolute atomic E-state index is 0. The van der Waals surface area contributed by atoms with Gasteiger partial charge in [-0.25, -0.2) is 0 Å². The first-order chi connectivity index (χ1) is 10.7. The normalized spacial score (nSPS) is 10.2. The molecule has 0 N–H and O–H groups in total. The number of rotatable bonds is 4. The van der Waals surface area contributed by atoms with Gasteiger partial charge in [-0.2, -0.15) is 0 Å². The molecule has 0 amide bonds. The zero-order valence-corrected chi connectivity index (χ0v) is 18.5. The summed E-state index contributed by atoms with van der Waals surface area (Å²) < 4.78 is 0. The summed E-state index contributed by atoms with van der Waals surface area (Å²) in [6.07, 6.45) is 0. The van der Waals surface area contributed by atoms with Crippen molar-refractivity contribution in [1.29, 1.82) is 0 Å². The Morgan fingerprint density at radius 2 is 0.875 bits per heavy atom. The summed E-state index contributed by atoms with van der Waals surface area (Å²) in [7, 11) is 0.216. The molecule has 2 rings (SSSR count). The van der Waals surface area contributed by atoms with Gasteiger partial charge in [0.2, 0.25) is 0 Å². The number of hydrogen-bond acceptors (Lipinski definition) is 2. The third-order valence-corrected chi connectivity index (χ3v) is 4.84. The van der Waals surface area contributed by atoms with Gasteiger partial charge in [-0.3, -0.25) is 0 Å². The summed E-state index contributed by atoms with van der Waals surface area (Å²) in [6.45, 7) is 11.7. The number of carbonyl (C=O) groups excluding carboxylic acids is 2. The van der Waals surface area contributed by atoms with Crippen molar-refractivity contribution in [3.8, 4) is 0 Å². The van der Waals surface area contributed by atoms with Gasteiger partial charge in [-0.15, -0.1) is 0 Å². The van der Waals surface area contributed by atoms with Crippen LogP contribution in [-0.4, -0.2) is 11.0 Å². The van der Waals surface area contributed by atoms with E-state index in [4.69, 9.17) is 0 Å². The zero-order chi connectivity index (χ0) is 17.3. The molecular weight excluding hydrogens is 326 g/mol. The van der Waals surface area contributed by atoms with Crippen LogP contribution in [0.15, 0.2) is 24.3 Å². The number of benzene rings is 2. The van der Waals surface area contributed by atoms with Crippen molar-refractivity contribution in [2.75, 3.05) is 0 Å². The molecule has 0 aliphatic rings. The Morgan fingerprint density at radius 3 is 1.12 bits per heavy atom. The minimum atomic E-state index is -0.121. The number of aryl methyl sites for hydroxylation is 6. The second-order valence-corrected chi connectivity index (χ2v) is 7.31. The predicted octanol–water partition coefficient (Wildman–Crippen LogP) is 2.47. The summed E-state index contributed by atoms with van der Waals surface area (Å²) in [6, 6.07) is 7.95. The third-order valence-electron chi connectivity index (χ3n) is 3.98. The van der Waals surface area contributed by atoms with Crippen LogP contribution in [0.1, 0.15) is 54.1 Å². The van der Waals surface area contributed by atoms with Crippen molar-refractivity contribution in [2.45, 2.75) is 41.5 Å². The van der Waals surface area contributed by atoms with Crippen molar-refractivity contribution >= 4 is 19.6 Å². The quantitative estimate of drug-likeness (QED) is 0.628. The van der Waals surface area contributed by atoms with E-state index in [2.05, 4.69) is 0 Å². The van der Waals surface area contributed by atoms with Gasteiger partial charge in [0, 0.05) is 11.0 Å². The van der Waals surface area contributed by atoms with E-state index in [1.807, 2.05) is 65.8 Å². The van der Waals surface area contributed by atoms with Gasteiger partial charge in [-0.1, -0.05) is 35.4 Å². The van der Waals surface area contributed by atoms with Crippen molar-refractivity contribution in [3.63, 3.8) is 0 Å². The Bertz CT molecular complexity index is 696. The SMILES string of the molecule is Cc1cc(C)c(C(=O)[P-]C(=O)c2c(C)cc(C)cc2C)c(C)c1.[Na+]. The van der Waals surface area contributed by atoms with E-state index in [1.165, 1.54) is 0 Å². The van der Waals surface area contributed by atoms with E-state index >= 15 is 0 Å². The maximum absolute atomic E-state index is 12.6. The Labute approximate surface area is 168 Å². The van der Waals surface area contributed by atoms with Gasteiger partial charge in [0.15, 0.2) is 0 Å². The average Bonchev–Trinajstić information content (AvgIpc) is 2.35. The van der Waals surface area contributed by atoms with E-state index in [0.29, 0.717) is 11.1 Å². The first-order valence-corrected chi connectivity index (χ1v) is 8.56. The van der Waals surface area contributed by atoms with Gasteiger partial charge in [-0.05, 0) is 74.9 Å². The van der Waals surface area contributed by atoms with Gasteiger partial charge in [0.05, 0.1) is 0 Å². The third kappa shape index (κ3) is 4.64. The molecule has 0 bridgehead atoms. The van der Waals surface area contributed by atoms with Crippen LogP contribution in [0.3, 0.4) is 0 Å². The summed E-state index contributed by atoms with van der Waals surface area (Å²) in [5.74, 6) is 0. The molecule has 0 spiro atoms. The fourth-order valence-corrected chi connectivity index (χ4v) is 4.35. The maximum Gasteiger partial charge on any atom is 1.00 e. The molecule has 0 heterocycles. The summed E-state index contributed by atoms with van der Waals surface area (Å²) in [5.41, 5.74) is 7.11. The van der Waals surface area contributed by atoms with Crippen LogP contribution >= 0.6 is 8.58 Å². The monoisotopic (exact) mass is 348 g/mol. The Kier molecular flexibility index (Phi) is 7.56. The molecule has 24 heavy (non-hydrogen) atoms. The van der Waals surface area contributed by atoms with E-state index < -0.39 is 0 Å². The molecule has 2 aromatic carbocycles. The molecule has 0 unspecified atom stereocenters. The molecule has 0 aliphatic heterocycles. The number of carbonyl (C=O) groups is 2. The molecule has 0 aliphatic carbocycles. The standard InChI is InChI=1S/C20H22O2P.Na/c1-11-7-13(3)17(14(4)8-11)19(21)23-20(22)18-15(5)9-12(2)10-16(18)6;/h7-10H,1-6H3;/q-1;+1. The van der Waals surface area contributed by atoms with Crippen molar-refractivity contribution in [3.05, 3.63) is 68.8 Å². The molecule has 0 radical (unpaired) electrons. The second kappa shape index (κ2) is 8.54. The molecule has 120 valence electrons. The Balaban J connectivity index is 0.00000288. The fourth-order valence-electron chi connectivity index (χ4n) is 3.24. The molecule has 0 fully saturated rings. The molecule has 0 atom stereocenters.